The van der Waals surface area contributed by atoms with E-state index >= 15 is 0 Å². The first-order valence-corrected chi connectivity index (χ1v) is 8.01. The number of hydrogen-bond donors (Lipinski definition) is 4. The van der Waals surface area contributed by atoms with Crippen LogP contribution in [0.4, 0.5) is 4.79 Å². The van der Waals surface area contributed by atoms with E-state index in [0.717, 1.165) is 11.3 Å². The lowest BCUT2D eigenvalue weighted by Crippen LogP contribution is -2.47. The molecule has 1 fully saturated rings. The van der Waals surface area contributed by atoms with Gasteiger partial charge in [-0.15, -0.1) is 11.3 Å². The van der Waals surface area contributed by atoms with Gasteiger partial charge in [0.15, 0.2) is 0 Å². The first-order valence-electron chi connectivity index (χ1n) is 7.13. The fraction of sp³-hybridized carbons (Fsp3) is 0.500. The van der Waals surface area contributed by atoms with Crippen LogP contribution in [0.2, 0.25) is 0 Å². The number of aliphatic carboxylic acids is 1. The fourth-order valence-corrected chi connectivity index (χ4v) is 3.04. The Balaban J connectivity index is 1.71. The highest BCUT2D eigenvalue weighted by molar-refractivity contribution is 7.09. The third-order valence-electron chi connectivity index (χ3n) is 3.45. The highest BCUT2D eigenvalue weighted by atomic mass is 32.1. The highest BCUT2D eigenvalue weighted by Gasteiger charge is 2.22. The maximum Gasteiger partial charge on any atom is 0.326 e. The number of carboxylic acids is 1. The molecule has 2 atom stereocenters. The average Bonchev–Trinajstić information content (AvgIpc) is 3.10. The minimum Gasteiger partial charge on any atom is -0.480 e. The maximum atomic E-state index is 11.8. The molecule has 1 aliphatic heterocycles. The minimum absolute atomic E-state index is 0.0383. The van der Waals surface area contributed by atoms with E-state index in [2.05, 4.69) is 16.0 Å². The molecule has 0 aliphatic carbocycles. The van der Waals surface area contributed by atoms with Gasteiger partial charge in [0.2, 0.25) is 5.91 Å². The lowest BCUT2D eigenvalue weighted by molar-refractivity contribution is -0.139. The largest absolute Gasteiger partial charge is 0.480 e. The molecule has 22 heavy (non-hydrogen) atoms. The van der Waals surface area contributed by atoms with Crippen molar-refractivity contribution < 1.29 is 19.5 Å². The van der Waals surface area contributed by atoms with Crippen LogP contribution in [-0.2, 0) is 16.0 Å². The number of urea groups is 1. The van der Waals surface area contributed by atoms with Gasteiger partial charge in [-0.1, -0.05) is 6.07 Å². The van der Waals surface area contributed by atoms with Gasteiger partial charge in [0.05, 0.1) is 0 Å². The van der Waals surface area contributed by atoms with Gasteiger partial charge in [-0.2, -0.15) is 0 Å². The smallest absolute Gasteiger partial charge is 0.326 e. The summed E-state index contributed by atoms with van der Waals surface area (Å²) in [4.78, 5) is 34.9. The van der Waals surface area contributed by atoms with Gasteiger partial charge in [0.25, 0.3) is 0 Å². The van der Waals surface area contributed by atoms with Crippen LogP contribution in [0.3, 0.4) is 0 Å². The first kappa shape index (κ1) is 16.3. The van der Waals surface area contributed by atoms with Crippen molar-refractivity contribution in [1.29, 1.82) is 0 Å². The molecular weight excluding hydrogens is 306 g/mol. The standard InChI is InChI=1S/C14H19N3O4S/c18-12-4-3-9(16-12)5-6-15-14(21)17-11(13(19)20)8-10-2-1-7-22-10/h1-2,7,9,11H,3-6,8H2,(H,16,18)(H,19,20)(H2,15,17,21)/t9-,11?/m0/s1. The van der Waals surface area contributed by atoms with Crippen LogP contribution in [0.25, 0.3) is 0 Å². The van der Waals surface area contributed by atoms with Gasteiger partial charge in [0.1, 0.15) is 6.04 Å². The molecule has 0 saturated carbocycles. The summed E-state index contributed by atoms with van der Waals surface area (Å²) >= 11 is 1.46. The summed E-state index contributed by atoms with van der Waals surface area (Å²) in [6, 6.07) is 2.31. The molecule has 0 spiro atoms. The van der Waals surface area contributed by atoms with Gasteiger partial charge in [-0.05, 0) is 24.3 Å². The normalized spacial score (nSPS) is 18.5. The second-order valence-electron chi connectivity index (χ2n) is 5.17. The Bertz CT molecular complexity index is 532. The summed E-state index contributed by atoms with van der Waals surface area (Å²) in [6.45, 7) is 0.391. The molecule has 1 aromatic heterocycles. The lowest BCUT2D eigenvalue weighted by Gasteiger charge is -2.15. The summed E-state index contributed by atoms with van der Waals surface area (Å²) < 4.78 is 0. The summed E-state index contributed by atoms with van der Waals surface area (Å²) in [6.07, 6.45) is 2.21. The van der Waals surface area contributed by atoms with Crippen LogP contribution in [0.5, 0.6) is 0 Å². The van der Waals surface area contributed by atoms with Crippen molar-refractivity contribution in [3.8, 4) is 0 Å². The van der Waals surface area contributed by atoms with Crippen LogP contribution >= 0.6 is 11.3 Å². The van der Waals surface area contributed by atoms with E-state index in [4.69, 9.17) is 5.11 Å². The Labute approximate surface area is 132 Å². The van der Waals surface area contributed by atoms with E-state index in [0.29, 0.717) is 19.4 Å². The maximum absolute atomic E-state index is 11.8. The van der Waals surface area contributed by atoms with Crippen molar-refractivity contribution in [3.05, 3.63) is 22.4 Å². The zero-order valence-corrected chi connectivity index (χ0v) is 12.8. The van der Waals surface area contributed by atoms with Crippen molar-refractivity contribution >= 4 is 29.2 Å². The molecule has 3 amide bonds. The van der Waals surface area contributed by atoms with Crippen LogP contribution in [0.15, 0.2) is 17.5 Å². The molecule has 1 saturated heterocycles. The third-order valence-corrected chi connectivity index (χ3v) is 4.35. The Hall–Kier alpha value is -2.09. The van der Waals surface area contributed by atoms with Crippen molar-refractivity contribution in [2.75, 3.05) is 6.54 Å². The molecule has 1 aromatic rings. The van der Waals surface area contributed by atoms with E-state index < -0.39 is 18.0 Å². The quantitative estimate of drug-likeness (QED) is 0.592. The fourth-order valence-electron chi connectivity index (χ4n) is 2.29. The molecule has 1 unspecified atom stereocenters. The van der Waals surface area contributed by atoms with E-state index in [9.17, 15) is 14.4 Å². The second-order valence-corrected chi connectivity index (χ2v) is 6.20. The van der Waals surface area contributed by atoms with Gasteiger partial charge >= 0.3 is 12.0 Å². The van der Waals surface area contributed by atoms with Crippen LogP contribution in [0, 0.1) is 0 Å². The number of amides is 3. The first-order chi connectivity index (χ1) is 10.5. The zero-order chi connectivity index (χ0) is 15.9. The minimum atomic E-state index is -1.06. The SMILES string of the molecule is O=C1CC[C@@H](CCNC(=O)NC(Cc2cccs2)C(=O)O)N1. The van der Waals surface area contributed by atoms with E-state index in [-0.39, 0.29) is 18.4 Å². The lowest BCUT2D eigenvalue weighted by atomic mass is 10.1. The molecule has 0 aromatic carbocycles. The van der Waals surface area contributed by atoms with Crippen LogP contribution in [-0.4, -0.2) is 41.6 Å². The number of rotatable bonds is 7. The molecule has 120 valence electrons. The predicted octanol–water partition coefficient (Wildman–Crippen LogP) is 0.712. The number of carboxylic acid groups (broad SMARTS) is 1. The summed E-state index contributed by atoms with van der Waals surface area (Å²) in [5.41, 5.74) is 0. The van der Waals surface area contributed by atoms with Crippen molar-refractivity contribution in [2.24, 2.45) is 0 Å². The van der Waals surface area contributed by atoms with Crippen molar-refractivity contribution in [1.82, 2.24) is 16.0 Å². The summed E-state index contributed by atoms with van der Waals surface area (Å²) in [5, 5.41) is 18.9. The number of thiophene rings is 1. The van der Waals surface area contributed by atoms with Crippen molar-refractivity contribution in [3.63, 3.8) is 0 Å². The Morgan fingerprint density at radius 3 is 2.91 bits per heavy atom. The highest BCUT2D eigenvalue weighted by Crippen LogP contribution is 2.11. The van der Waals surface area contributed by atoms with Crippen molar-refractivity contribution in [2.45, 2.75) is 37.8 Å². The number of hydrogen-bond acceptors (Lipinski definition) is 4. The van der Waals surface area contributed by atoms with Gasteiger partial charge < -0.3 is 21.1 Å². The molecule has 1 aliphatic rings. The van der Waals surface area contributed by atoms with Gasteiger partial charge in [-0.3, -0.25) is 4.79 Å². The van der Waals surface area contributed by atoms with E-state index in [1.165, 1.54) is 11.3 Å². The van der Waals surface area contributed by atoms with Gasteiger partial charge in [0, 0.05) is 30.3 Å². The number of carbonyl (C=O) groups is 3. The molecular formula is C14H19N3O4S. The van der Waals surface area contributed by atoms with Crippen LogP contribution in [0.1, 0.15) is 24.1 Å². The Morgan fingerprint density at radius 2 is 2.32 bits per heavy atom. The molecule has 2 rings (SSSR count). The molecule has 8 heteroatoms. The van der Waals surface area contributed by atoms with E-state index in [1.54, 1.807) is 0 Å². The second kappa shape index (κ2) is 7.79. The molecule has 2 heterocycles. The van der Waals surface area contributed by atoms with E-state index in [1.807, 2.05) is 17.5 Å². The average molecular weight is 325 g/mol. The topological polar surface area (TPSA) is 108 Å². The molecule has 4 N–H and O–H groups in total. The van der Waals surface area contributed by atoms with Crippen LogP contribution < -0.4 is 16.0 Å². The number of carbonyl (C=O) groups excluding carboxylic acids is 2. The summed E-state index contributed by atoms with van der Waals surface area (Å²) in [7, 11) is 0. The Kier molecular flexibility index (Phi) is 5.76. The molecule has 0 bridgehead atoms. The summed E-state index contributed by atoms with van der Waals surface area (Å²) in [5.74, 6) is -1.03. The molecule has 7 nitrogen and oxygen atoms in total. The predicted molar refractivity (Wildman–Crippen MR) is 81.8 cm³/mol. The third kappa shape index (κ3) is 5.03. The zero-order valence-electron chi connectivity index (χ0n) is 12.0. The number of nitrogens with one attached hydrogen (secondary N) is 3. The monoisotopic (exact) mass is 325 g/mol. The molecule has 0 radical (unpaired) electrons. The van der Waals surface area contributed by atoms with Gasteiger partial charge in [-0.25, -0.2) is 9.59 Å². The Morgan fingerprint density at radius 1 is 1.50 bits per heavy atom.